The SMILES string of the molecule is CC(CC(=O)NCc1cccc(N2CCCC2=O)c1)C1CCCNC1. The van der Waals surface area contributed by atoms with Crippen molar-refractivity contribution in [3.8, 4) is 0 Å². The van der Waals surface area contributed by atoms with E-state index in [4.69, 9.17) is 0 Å². The number of nitrogens with zero attached hydrogens (tertiary/aromatic N) is 1. The molecule has 2 amide bonds. The van der Waals surface area contributed by atoms with E-state index in [0.29, 0.717) is 31.2 Å². The molecule has 2 heterocycles. The van der Waals surface area contributed by atoms with Crippen molar-refractivity contribution in [3.63, 3.8) is 0 Å². The molecule has 2 saturated heterocycles. The molecule has 1 aromatic rings. The van der Waals surface area contributed by atoms with E-state index in [0.717, 1.165) is 37.3 Å². The number of amides is 2. The predicted octanol–water partition coefficient (Wildman–Crippen LogP) is 2.46. The fraction of sp³-hybridized carbons (Fsp3) is 0.600. The van der Waals surface area contributed by atoms with Crippen LogP contribution in [0.4, 0.5) is 5.69 Å². The molecule has 2 fully saturated rings. The van der Waals surface area contributed by atoms with Gasteiger partial charge in [-0.2, -0.15) is 0 Å². The summed E-state index contributed by atoms with van der Waals surface area (Å²) in [7, 11) is 0. The number of carbonyl (C=O) groups excluding carboxylic acids is 2. The van der Waals surface area contributed by atoms with Crippen LogP contribution in [-0.2, 0) is 16.1 Å². The van der Waals surface area contributed by atoms with Crippen LogP contribution < -0.4 is 15.5 Å². The zero-order chi connectivity index (χ0) is 17.6. The van der Waals surface area contributed by atoms with Gasteiger partial charge in [-0.1, -0.05) is 19.1 Å². The summed E-state index contributed by atoms with van der Waals surface area (Å²) in [4.78, 5) is 26.0. The third kappa shape index (κ3) is 4.82. The predicted molar refractivity (Wildman–Crippen MR) is 99.3 cm³/mol. The van der Waals surface area contributed by atoms with E-state index in [1.165, 1.54) is 12.8 Å². The summed E-state index contributed by atoms with van der Waals surface area (Å²) in [6.07, 6.45) is 4.56. The normalized spacial score (nSPS) is 22.0. The lowest BCUT2D eigenvalue weighted by Gasteiger charge is -2.28. The maximum atomic E-state index is 12.3. The van der Waals surface area contributed by atoms with Crippen LogP contribution >= 0.6 is 0 Å². The molecule has 2 aliphatic heterocycles. The molecule has 136 valence electrons. The van der Waals surface area contributed by atoms with E-state index >= 15 is 0 Å². The molecule has 5 nitrogen and oxygen atoms in total. The van der Waals surface area contributed by atoms with E-state index in [2.05, 4.69) is 17.6 Å². The van der Waals surface area contributed by atoms with Crippen molar-refractivity contribution in [2.75, 3.05) is 24.5 Å². The number of rotatable bonds is 6. The van der Waals surface area contributed by atoms with Crippen molar-refractivity contribution < 1.29 is 9.59 Å². The summed E-state index contributed by atoms with van der Waals surface area (Å²) in [5.74, 6) is 1.31. The standard InChI is InChI=1S/C20H29N3O2/c1-15(17-6-3-9-21-14-17)11-19(24)22-13-16-5-2-7-18(12-16)23-10-4-8-20(23)25/h2,5,7,12,15,17,21H,3-4,6,8-11,13-14H2,1H3,(H,22,24). The summed E-state index contributed by atoms with van der Waals surface area (Å²) in [5, 5.41) is 6.45. The molecule has 0 bridgehead atoms. The smallest absolute Gasteiger partial charge is 0.227 e. The van der Waals surface area contributed by atoms with E-state index in [-0.39, 0.29) is 11.8 Å². The van der Waals surface area contributed by atoms with Gasteiger partial charge in [-0.15, -0.1) is 0 Å². The molecule has 2 atom stereocenters. The minimum atomic E-state index is 0.112. The molecule has 0 radical (unpaired) electrons. The number of carbonyl (C=O) groups is 2. The molecule has 0 saturated carbocycles. The molecule has 5 heteroatoms. The van der Waals surface area contributed by atoms with Gasteiger partial charge in [0.2, 0.25) is 11.8 Å². The van der Waals surface area contributed by atoms with Gasteiger partial charge in [0, 0.05) is 31.6 Å². The Bertz CT molecular complexity index is 611. The average Bonchev–Trinajstić information content (AvgIpc) is 3.07. The molecular formula is C20H29N3O2. The minimum absolute atomic E-state index is 0.112. The van der Waals surface area contributed by atoms with Crippen molar-refractivity contribution in [1.82, 2.24) is 10.6 Å². The summed E-state index contributed by atoms with van der Waals surface area (Å²) in [5.41, 5.74) is 1.98. The third-order valence-corrected chi connectivity index (χ3v) is 5.43. The van der Waals surface area contributed by atoms with Gasteiger partial charge in [0.15, 0.2) is 0 Å². The Labute approximate surface area is 150 Å². The van der Waals surface area contributed by atoms with Crippen molar-refractivity contribution in [3.05, 3.63) is 29.8 Å². The molecule has 2 aliphatic rings. The molecule has 0 aliphatic carbocycles. The highest BCUT2D eigenvalue weighted by Gasteiger charge is 2.23. The van der Waals surface area contributed by atoms with Crippen molar-refractivity contribution in [1.29, 1.82) is 0 Å². The number of hydrogen-bond acceptors (Lipinski definition) is 3. The quantitative estimate of drug-likeness (QED) is 0.834. The zero-order valence-corrected chi connectivity index (χ0v) is 15.1. The van der Waals surface area contributed by atoms with Gasteiger partial charge in [0.25, 0.3) is 0 Å². The molecule has 25 heavy (non-hydrogen) atoms. The highest BCUT2D eigenvalue weighted by atomic mass is 16.2. The van der Waals surface area contributed by atoms with Gasteiger partial charge >= 0.3 is 0 Å². The lowest BCUT2D eigenvalue weighted by molar-refractivity contribution is -0.122. The zero-order valence-electron chi connectivity index (χ0n) is 15.1. The van der Waals surface area contributed by atoms with E-state index in [1.807, 2.05) is 29.2 Å². The van der Waals surface area contributed by atoms with Gasteiger partial charge in [-0.3, -0.25) is 9.59 Å². The lowest BCUT2D eigenvalue weighted by atomic mass is 9.85. The van der Waals surface area contributed by atoms with Crippen LogP contribution in [0.5, 0.6) is 0 Å². The van der Waals surface area contributed by atoms with E-state index in [9.17, 15) is 9.59 Å². The molecule has 0 spiro atoms. The fourth-order valence-corrected chi connectivity index (χ4v) is 3.85. The first kappa shape index (κ1) is 17.9. The van der Waals surface area contributed by atoms with Crippen LogP contribution in [-0.4, -0.2) is 31.4 Å². The molecule has 2 N–H and O–H groups in total. The molecule has 1 aromatic carbocycles. The lowest BCUT2D eigenvalue weighted by Crippen LogP contribution is -2.35. The maximum Gasteiger partial charge on any atom is 0.227 e. The largest absolute Gasteiger partial charge is 0.352 e. The second-order valence-electron chi connectivity index (χ2n) is 7.38. The molecule has 3 rings (SSSR count). The highest BCUT2D eigenvalue weighted by molar-refractivity contribution is 5.95. The number of benzene rings is 1. The third-order valence-electron chi connectivity index (χ3n) is 5.43. The van der Waals surface area contributed by atoms with E-state index < -0.39 is 0 Å². The Morgan fingerprint density at radius 3 is 3.00 bits per heavy atom. The van der Waals surface area contributed by atoms with Crippen molar-refractivity contribution >= 4 is 17.5 Å². The summed E-state index contributed by atoms with van der Waals surface area (Å²) in [6, 6.07) is 7.93. The van der Waals surface area contributed by atoms with Crippen molar-refractivity contribution in [2.45, 2.75) is 45.6 Å². The molecule has 2 unspecified atom stereocenters. The second-order valence-corrected chi connectivity index (χ2v) is 7.38. The summed E-state index contributed by atoms with van der Waals surface area (Å²) < 4.78 is 0. The Kier molecular flexibility index (Phi) is 6.08. The van der Waals surface area contributed by atoms with Crippen LogP contribution in [0, 0.1) is 11.8 Å². The van der Waals surface area contributed by atoms with Gasteiger partial charge in [-0.25, -0.2) is 0 Å². The van der Waals surface area contributed by atoms with Gasteiger partial charge in [0.05, 0.1) is 0 Å². The Morgan fingerprint density at radius 1 is 1.40 bits per heavy atom. The fourth-order valence-electron chi connectivity index (χ4n) is 3.85. The maximum absolute atomic E-state index is 12.3. The highest BCUT2D eigenvalue weighted by Crippen LogP contribution is 2.23. The van der Waals surface area contributed by atoms with Crippen LogP contribution in [0.1, 0.15) is 44.6 Å². The van der Waals surface area contributed by atoms with Gasteiger partial charge in [-0.05, 0) is 61.9 Å². The number of piperidine rings is 1. The molecular weight excluding hydrogens is 314 g/mol. The Morgan fingerprint density at radius 2 is 2.28 bits per heavy atom. The summed E-state index contributed by atoms with van der Waals surface area (Å²) >= 11 is 0. The van der Waals surface area contributed by atoms with E-state index in [1.54, 1.807) is 0 Å². The summed E-state index contributed by atoms with van der Waals surface area (Å²) in [6.45, 7) is 5.62. The van der Waals surface area contributed by atoms with Crippen LogP contribution in [0.25, 0.3) is 0 Å². The number of nitrogens with one attached hydrogen (secondary N) is 2. The van der Waals surface area contributed by atoms with Gasteiger partial charge in [0.1, 0.15) is 0 Å². The average molecular weight is 343 g/mol. The van der Waals surface area contributed by atoms with Crippen LogP contribution in [0.3, 0.4) is 0 Å². The van der Waals surface area contributed by atoms with Crippen LogP contribution in [0.2, 0.25) is 0 Å². The first-order valence-electron chi connectivity index (χ1n) is 9.50. The topological polar surface area (TPSA) is 61.4 Å². The molecule has 0 aromatic heterocycles. The minimum Gasteiger partial charge on any atom is -0.352 e. The monoisotopic (exact) mass is 343 g/mol. The Balaban J connectivity index is 1.49. The van der Waals surface area contributed by atoms with Crippen molar-refractivity contribution in [2.24, 2.45) is 11.8 Å². The number of anilines is 1. The van der Waals surface area contributed by atoms with Crippen LogP contribution in [0.15, 0.2) is 24.3 Å². The number of hydrogen-bond donors (Lipinski definition) is 2. The first-order chi connectivity index (χ1) is 12.1. The first-order valence-corrected chi connectivity index (χ1v) is 9.50. The van der Waals surface area contributed by atoms with Gasteiger partial charge < -0.3 is 15.5 Å². The second kappa shape index (κ2) is 8.48. The Hall–Kier alpha value is -1.88.